The molecule has 0 radical (unpaired) electrons. The number of piperazine rings is 1. The van der Waals surface area contributed by atoms with Crippen LogP contribution in [0.2, 0.25) is 0 Å². The maximum atomic E-state index is 12.2. The summed E-state index contributed by atoms with van der Waals surface area (Å²) in [4.78, 5) is 29.2. The summed E-state index contributed by atoms with van der Waals surface area (Å²) in [5.74, 6) is 0.438. The van der Waals surface area contributed by atoms with E-state index in [-0.39, 0.29) is 5.43 Å². The van der Waals surface area contributed by atoms with Crippen LogP contribution in [0.15, 0.2) is 64.2 Å². The molecule has 5 heteroatoms. The molecule has 0 aromatic heterocycles. The van der Waals surface area contributed by atoms with E-state index in [9.17, 15) is 9.59 Å². The van der Waals surface area contributed by atoms with E-state index in [1.165, 1.54) is 11.1 Å². The fraction of sp³-hybridized carbons (Fsp3) is 0.385. The second-order valence-electron chi connectivity index (χ2n) is 8.72. The number of anilines is 1. The van der Waals surface area contributed by atoms with Crippen LogP contribution in [0.4, 0.5) is 5.69 Å². The van der Waals surface area contributed by atoms with E-state index in [0.717, 1.165) is 44.8 Å². The Morgan fingerprint density at radius 3 is 2.13 bits per heavy atom. The van der Waals surface area contributed by atoms with Crippen LogP contribution in [-0.2, 0) is 6.54 Å². The number of rotatable bonds is 8. The van der Waals surface area contributed by atoms with Gasteiger partial charge in [-0.05, 0) is 22.6 Å². The lowest BCUT2D eigenvalue weighted by atomic mass is 9.95. The largest absolute Gasteiger partial charge is 0.380 e. The summed E-state index contributed by atoms with van der Waals surface area (Å²) in [7, 11) is 0. The molecular formula is C26H31N3O2. The Bertz CT molecular complexity index is 1060. The second-order valence-corrected chi connectivity index (χ2v) is 8.72. The summed E-state index contributed by atoms with van der Waals surface area (Å²) in [6.45, 7) is 10.9. The Labute approximate surface area is 184 Å². The van der Waals surface area contributed by atoms with Crippen LogP contribution in [0.1, 0.15) is 30.9 Å². The molecule has 0 saturated carbocycles. The molecule has 1 saturated heterocycles. The van der Waals surface area contributed by atoms with Crippen LogP contribution in [0.5, 0.6) is 0 Å². The van der Waals surface area contributed by atoms with Crippen LogP contribution < -0.4 is 16.2 Å². The topological polar surface area (TPSA) is 52.6 Å². The fourth-order valence-corrected chi connectivity index (χ4v) is 4.22. The van der Waals surface area contributed by atoms with Gasteiger partial charge in [0.15, 0.2) is 0 Å². The third-order valence-electron chi connectivity index (χ3n) is 6.22. The molecule has 4 rings (SSSR count). The van der Waals surface area contributed by atoms with Crippen molar-refractivity contribution >= 4 is 5.69 Å². The Hall–Kier alpha value is -2.76. The first-order chi connectivity index (χ1) is 15.0. The number of nitrogens with zero attached hydrogens (tertiary/aromatic N) is 2. The molecular weight excluding hydrogens is 386 g/mol. The summed E-state index contributed by atoms with van der Waals surface area (Å²) in [5, 5.41) is 3.24. The molecule has 1 aliphatic heterocycles. The highest BCUT2D eigenvalue weighted by Gasteiger charge is 2.23. The van der Waals surface area contributed by atoms with Crippen molar-refractivity contribution in [2.45, 2.75) is 26.3 Å². The highest BCUT2D eigenvalue weighted by Crippen LogP contribution is 2.25. The maximum Gasteiger partial charge on any atom is 0.250 e. The lowest BCUT2D eigenvalue weighted by Crippen LogP contribution is -2.47. The molecule has 5 nitrogen and oxygen atoms in total. The zero-order valence-electron chi connectivity index (χ0n) is 18.4. The van der Waals surface area contributed by atoms with E-state index < -0.39 is 5.43 Å². The molecule has 1 N–H and O–H groups in total. The van der Waals surface area contributed by atoms with Gasteiger partial charge in [0, 0.05) is 45.8 Å². The highest BCUT2D eigenvalue weighted by atomic mass is 16.2. The average molecular weight is 418 g/mol. The van der Waals surface area contributed by atoms with Crippen LogP contribution in [0.3, 0.4) is 0 Å². The predicted molar refractivity (Wildman–Crippen MR) is 128 cm³/mol. The van der Waals surface area contributed by atoms with Crippen LogP contribution in [0.25, 0.3) is 11.1 Å². The Balaban J connectivity index is 1.28. The fourth-order valence-electron chi connectivity index (χ4n) is 4.22. The van der Waals surface area contributed by atoms with Crippen molar-refractivity contribution in [1.29, 1.82) is 0 Å². The van der Waals surface area contributed by atoms with Crippen molar-refractivity contribution in [2.24, 2.45) is 0 Å². The van der Waals surface area contributed by atoms with Gasteiger partial charge in [0.2, 0.25) is 10.9 Å². The molecule has 31 heavy (non-hydrogen) atoms. The van der Waals surface area contributed by atoms with E-state index in [2.05, 4.69) is 59.3 Å². The smallest absolute Gasteiger partial charge is 0.250 e. The molecule has 3 aromatic rings. The number of nitrogens with one attached hydrogen (secondary N) is 1. The van der Waals surface area contributed by atoms with Gasteiger partial charge in [-0.15, -0.1) is 0 Å². The number of hydrogen-bond acceptors (Lipinski definition) is 5. The molecule has 162 valence electrons. The summed E-state index contributed by atoms with van der Waals surface area (Å²) in [5.41, 5.74) is 3.64. The normalized spacial score (nSPS) is 15.6. The summed E-state index contributed by atoms with van der Waals surface area (Å²) >= 11 is 0. The monoisotopic (exact) mass is 417 g/mol. The molecule has 0 amide bonds. The molecule has 0 aliphatic carbocycles. The van der Waals surface area contributed by atoms with Gasteiger partial charge in [-0.1, -0.05) is 68.4 Å². The zero-order valence-corrected chi connectivity index (χ0v) is 18.4. The minimum absolute atomic E-state index is 0.380. The van der Waals surface area contributed by atoms with Gasteiger partial charge in [-0.25, -0.2) is 0 Å². The first kappa shape index (κ1) is 21.5. The summed E-state index contributed by atoms with van der Waals surface area (Å²) < 4.78 is 0. The van der Waals surface area contributed by atoms with Gasteiger partial charge in [0.1, 0.15) is 0 Å². The van der Waals surface area contributed by atoms with Crippen molar-refractivity contribution in [3.05, 3.63) is 86.2 Å². The SMILES string of the molecule is CC(C)c1ccc(-c2c(NCCN3CCN(Cc4ccccc4)CC3)c(=O)c2=O)cc1. The Morgan fingerprint density at radius 2 is 1.48 bits per heavy atom. The quantitative estimate of drug-likeness (QED) is 0.570. The number of benzene rings is 2. The standard InChI is InChI=1S/C26H31N3O2/c1-19(2)21-8-10-22(11-9-21)23-24(26(31)25(23)30)27-12-13-28-14-16-29(17-15-28)18-20-6-4-3-5-7-20/h3-11,19,27H,12-18H2,1-2H3. The molecule has 1 fully saturated rings. The Morgan fingerprint density at radius 1 is 0.839 bits per heavy atom. The third kappa shape index (κ3) is 4.94. The minimum Gasteiger partial charge on any atom is -0.380 e. The Kier molecular flexibility index (Phi) is 6.64. The van der Waals surface area contributed by atoms with E-state index in [4.69, 9.17) is 0 Å². The van der Waals surface area contributed by atoms with Gasteiger partial charge in [0.25, 0.3) is 0 Å². The average Bonchev–Trinajstić information content (AvgIpc) is 2.80. The van der Waals surface area contributed by atoms with Crippen molar-refractivity contribution in [3.63, 3.8) is 0 Å². The minimum atomic E-state index is -0.393. The van der Waals surface area contributed by atoms with Gasteiger partial charge in [-0.2, -0.15) is 0 Å². The van der Waals surface area contributed by atoms with Crippen LogP contribution in [0, 0.1) is 0 Å². The number of hydrogen-bond donors (Lipinski definition) is 1. The highest BCUT2D eigenvalue weighted by molar-refractivity contribution is 5.81. The van der Waals surface area contributed by atoms with E-state index in [1.807, 2.05) is 24.3 Å². The van der Waals surface area contributed by atoms with Gasteiger partial charge in [0.05, 0.1) is 11.3 Å². The van der Waals surface area contributed by atoms with E-state index in [0.29, 0.717) is 23.7 Å². The van der Waals surface area contributed by atoms with E-state index >= 15 is 0 Å². The van der Waals surface area contributed by atoms with Crippen molar-refractivity contribution < 1.29 is 0 Å². The van der Waals surface area contributed by atoms with Gasteiger partial charge >= 0.3 is 0 Å². The van der Waals surface area contributed by atoms with Gasteiger partial charge < -0.3 is 5.32 Å². The molecule has 0 spiro atoms. The van der Waals surface area contributed by atoms with E-state index in [1.54, 1.807) is 0 Å². The molecule has 0 bridgehead atoms. The van der Waals surface area contributed by atoms with Crippen LogP contribution in [-0.4, -0.2) is 49.1 Å². The first-order valence-corrected chi connectivity index (χ1v) is 11.2. The second kappa shape index (κ2) is 9.58. The molecule has 1 heterocycles. The molecule has 0 unspecified atom stereocenters. The molecule has 1 aliphatic rings. The van der Waals surface area contributed by atoms with Crippen LogP contribution >= 0.6 is 0 Å². The van der Waals surface area contributed by atoms with Crippen molar-refractivity contribution in [1.82, 2.24) is 9.80 Å². The lowest BCUT2D eigenvalue weighted by molar-refractivity contribution is 0.130. The summed E-state index contributed by atoms with van der Waals surface area (Å²) in [6.07, 6.45) is 0. The molecule has 0 atom stereocenters. The van der Waals surface area contributed by atoms with Crippen molar-refractivity contribution in [2.75, 3.05) is 44.6 Å². The predicted octanol–water partition coefficient (Wildman–Crippen LogP) is 3.30. The third-order valence-corrected chi connectivity index (χ3v) is 6.22. The first-order valence-electron chi connectivity index (χ1n) is 11.2. The zero-order chi connectivity index (χ0) is 21.8. The summed E-state index contributed by atoms with van der Waals surface area (Å²) in [6, 6.07) is 18.5. The lowest BCUT2D eigenvalue weighted by Gasteiger charge is -2.34. The van der Waals surface area contributed by atoms with Gasteiger partial charge in [-0.3, -0.25) is 19.4 Å². The molecule has 3 aromatic carbocycles. The van der Waals surface area contributed by atoms with Crippen molar-refractivity contribution in [3.8, 4) is 11.1 Å². The maximum absolute atomic E-state index is 12.2.